The Hall–Kier alpha value is -2.83. The minimum Gasteiger partial charge on any atom is -0.480 e. The summed E-state index contributed by atoms with van der Waals surface area (Å²) in [5.74, 6) is 3.71. The molecule has 30 heavy (non-hydrogen) atoms. The molecule has 9 heteroatoms. The second-order valence-electron chi connectivity index (χ2n) is 6.51. The molecule has 0 N–H and O–H groups in total. The number of nitro groups is 1. The number of aromatic nitrogens is 3. The average molecular weight is 487 g/mol. The van der Waals surface area contributed by atoms with Crippen LogP contribution in [0.2, 0.25) is 0 Å². The molecule has 0 unspecified atom stereocenters. The second-order valence-corrected chi connectivity index (χ2v) is 8.53. The van der Waals surface area contributed by atoms with E-state index in [4.69, 9.17) is 11.2 Å². The van der Waals surface area contributed by atoms with Crippen LogP contribution in [-0.2, 0) is 0 Å². The zero-order chi connectivity index (χ0) is 21.7. The lowest BCUT2D eigenvalue weighted by Gasteiger charge is -2.16. The first-order valence-corrected chi connectivity index (χ1v) is 10.7. The molecular formula is C21H19BrN4O3S. The summed E-state index contributed by atoms with van der Waals surface area (Å²) in [6, 6.07) is 13.3. The summed E-state index contributed by atoms with van der Waals surface area (Å²) < 4.78 is 8.05. The van der Waals surface area contributed by atoms with Gasteiger partial charge < -0.3 is 4.74 Å². The maximum atomic E-state index is 11.4. The monoisotopic (exact) mass is 486 g/mol. The first kappa shape index (κ1) is 21.9. The molecule has 0 aliphatic heterocycles. The topological polar surface area (TPSA) is 83.1 Å². The summed E-state index contributed by atoms with van der Waals surface area (Å²) in [5, 5.41) is 19.9. The number of ether oxygens (including phenoxy) is 1. The Bertz CT molecular complexity index is 1110. The molecule has 0 aliphatic rings. The lowest BCUT2D eigenvalue weighted by molar-refractivity contribution is -0.479. The third-order valence-electron chi connectivity index (χ3n) is 4.26. The van der Waals surface area contributed by atoms with Gasteiger partial charge in [0.2, 0.25) is 6.54 Å². The van der Waals surface area contributed by atoms with Crippen LogP contribution in [-0.4, -0.2) is 32.8 Å². The number of benzene rings is 2. The summed E-state index contributed by atoms with van der Waals surface area (Å²) in [5.41, 5.74) is 2.79. The Balaban J connectivity index is 1.95. The molecule has 7 nitrogen and oxygen atoms in total. The second kappa shape index (κ2) is 9.78. The van der Waals surface area contributed by atoms with Crippen LogP contribution >= 0.6 is 27.7 Å². The van der Waals surface area contributed by atoms with E-state index in [9.17, 15) is 10.1 Å². The van der Waals surface area contributed by atoms with Gasteiger partial charge in [-0.2, -0.15) is 0 Å². The highest BCUT2D eigenvalue weighted by atomic mass is 79.9. The summed E-state index contributed by atoms with van der Waals surface area (Å²) >= 11 is 4.76. The Morgan fingerprint density at radius 3 is 2.77 bits per heavy atom. The van der Waals surface area contributed by atoms with Crippen molar-refractivity contribution in [2.24, 2.45) is 0 Å². The highest BCUT2D eigenvalue weighted by molar-refractivity contribution is 9.10. The van der Waals surface area contributed by atoms with Crippen LogP contribution in [0.15, 0.2) is 52.1 Å². The fourth-order valence-corrected chi connectivity index (χ4v) is 4.59. The first-order chi connectivity index (χ1) is 14.4. The first-order valence-electron chi connectivity index (χ1n) is 9.02. The van der Waals surface area contributed by atoms with Crippen molar-refractivity contribution in [2.75, 3.05) is 13.2 Å². The van der Waals surface area contributed by atoms with Crippen molar-refractivity contribution in [2.45, 2.75) is 24.3 Å². The molecule has 0 saturated heterocycles. The van der Waals surface area contributed by atoms with E-state index in [0.29, 0.717) is 21.2 Å². The molecule has 0 amide bonds. The highest BCUT2D eigenvalue weighted by Gasteiger charge is 2.24. The van der Waals surface area contributed by atoms with Crippen LogP contribution in [0.1, 0.15) is 22.2 Å². The van der Waals surface area contributed by atoms with Crippen molar-refractivity contribution >= 4 is 27.7 Å². The van der Waals surface area contributed by atoms with Crippen LogP contribution in [0, 0.1) is 36.3 Å². The molecule has 1 heterocycles. The van der Waals surface area contributed by atoms with Gasteiger partial charge in [-0.05, 0) is 65.2 Å². The van der Waals surface area contributed by atoms with Gasteiger partial charge in [-0.1, -0.05) is 35.9 Å². The summed E-state index contributed by atoms with van der Waals surface area (Å²) in [4.78, 5) is 11.0. The van der Waals surface area contributed by atoms with Crippen molar-refractivity contribution < 1.29 is 9.66 Å². The summed E-state index contributed by atoms with van der Waals surface area (Å²) in [6.45, 7) is 3.74. The third kappa shape index (κ3) is 5.20. The molecule has 1 aromatic heterocycles. The Morgan fingerprint density at radius 2 is 2.10 bits per heavy atom. The van der Waals surface area contributed by atoms with E-state index in [-0.39, 0.29) is 18.1 Å². The van der Waals surface area contributed by atoms with E-state index in [2.05, 4.69) is 32.0 Å². The minimum atomic E-state index is -0.467. The van der Waals surface area contributed by atoms with Crippen LogP contribution < -0.4 is 4.74 Å². The van der Waals surface area contributed by atoms with Crippen molar-refractivity contribution in [3.8, 4) is 23.8 Å². The number of thioether (sulfide) groups is 1. The maximum Gasteiger partial charge on any atom is 0.220 e. The van der Waals surface area contributed by atoms with Gasteiger partial charge in [-0.25, -0.2) is 0 Å². The van der Waals surface area contributed by atoms with Crippen LogP contribution in [0.5, 0.6) is 5.75 Å². The molecule has 0 bridgehead atoms. The van der Waals surface area contributed by atoms with Crippen molar-refractivity contribution in [3.05, 3.63) is 74.0 Å². The van der Waals surface area contributed by atoms with Crippen molar-refractivity contribution in [1.29, 1.82) is 0 Å². The largest absolute Gasteiger partial charge is 0.480 e. The average Bonchev–Trinajstić information content (AvgIpc) is 3.06. The van der Waals surface area contributed by atoms with E-state index in [1.165, 1.54) is 11.8 Å². The SMILES string of the molecule is C#CCOc1ccc([C@@H](C[N+](=O)[O-])Sc2nnc(C)n2-c2cccc(C)c2)cc1Br. The molecule has 3 rings (SSSR count). The zero-order valence-electron chi connectivity index (χ0n) is 16.4. The van der Waals surface area contributed by atoms with Crippen LogP contribution in [0.3, 0.4) is 0 Å². The minimum absolute atomic E-state index is 0.143. The van der Waals surface area contributed by atoms with E-state index in [0.717, 1.165) is 16.8 Å². The van der Waals surface area contributed by atoms with E-state index >= 15 is 0 Å². The van der Waals surface area contributed by atoms with E-state index < -0.39 is 5.25 Å². The summed E-state index contributed by atoms with van der Waals surface area (Å²) in [7, 11) is 0. The third-order valence-corrected chi connectivity index (χ3v) is 6.06. The lowest BCUT2D eigenvalue weighted by atomic mass is 10.1. The Kier molecular flexibility index (Phi) is 7.13. The van der Waals surface area contributed by atoms with Gasteiger partial charge in [-0.15, -0.1) is 16.6 Å². The van der Waals surface area contributed by atoms with Gasteiger partial charge in [-0.3, -0.25) is 14.7 Å². The quantitative estimate of drug-likeness (QED) is 0.197. The number of terminal acetylenes is 1. The molecule has 0 fully saturated rings. The zero-order valence-corrected chi connectivity index (χ0v) is 18.8. The van der Waals surface area contributed by atoms with Gasteiger partial charge in [0.25, 0.3) is 0 Å². The predicted molar refractivity (Wildman–Crippen MR) is 120 cm³/mol. The highest BCUT2D eigenvalue weighted by Crippen LogP contribution is 2.38. The normalized spacial score (nSPS) is 11.7. The molecule has 0 radical (unpaired) electrons. The predicted octanol–water partition coefficient (Wildman–Crippen LogP) is 4.77. The Labute approximate surface area is 187 Å². The number of hydrogen-bond donors (Lipinski definition) is 0. The lowest BCUT2D eigenvalue weighted by Crippen LogP contribution is -2.11. The molecule has 2 aromatic carbocycles. The van der Waals surface area contributed by atoms with Gasteiger partial charge in [0.1, 0.15) is 23.4 Å². The van der Waals surface area contributed by atoms with Crippen molar-refractivity contribution in [1.82, 2.24) is 14.8 Å². The fourth-order valence-electron chi connectivity index (χ4n) is 2.91. The number of rotatable bonds is 8. The number of nitrogens with zero attached hydrogens (tertiary/aromatic N) is 4. The number of aryl methyl sites for hydroxylation is 2. The molecular weight excluding hydrogens is 468 g/mol. The van der Waals surface area contributed by atoms with E-state index in [1.54, 1.807) is 12.1 Å². The molecule has 0 saturated carbocycles. The van der Waals surface area contributed by atoms with Crippen LogP contribution in [0.4, 0.5) is 0 Å². The number of halogens is 1. The van der Waals surface area contributed by atoms with Crippen LogP contribution in [0.25, 0.3) is 5.69 Å². The maximum absolute atomic E-state index is 11.4. The van der Waals surface area contributed by atoms with Gasteiger partial charge >= 0.3 is 0 Å². The Morgan fingerprint density at radius 1 is 1.30 bits per heavy atom. The fraction of sp³-hybridized carbons (Fsp3) is 0.238. The van der Waals surface area contributed by atoms with Gasteiger partial charge in [0, 0.05) is 10.6 Å². The van der Waals surface area contributed by atoms with E-state index in [1.807, 2.05) is 48.7 Å². The molecule has 3 aromatic rings. The molecule has 0 aliphatic carbocycles. The van der Waals surface area contributed by atoms with Gasteiger partial charge in [0.15, 0.2) is 5.16 Å². The van der Waals surface area contributed by atoms with Crippen molar-refractivity contribution in [3.63, 3.8) is 0 Å². The molecule has 154 valence electrons. The molecule has 1 atom stereocenters. The standard InChI is InChI=1S/C21H19BrN4O3S/c1-4-10-29-19-9-8-16(12-18(19)22)20(13-25(27)28)30-21-24-23-15(3)26(21)17-7-5-6-14(2)11-17/h1,5-9,11-12,20H,10,13H2,2-3H3/t20-/m1/s1. The summed E-state index contributed by atoms with van der Waals surface area (Å²) in [6.07, 6.45) is 5.23. The molecule has 0 spiro atoms. The van der Waals surface area contributed by atoms with Gasteiger partial charge in [0.05, 0.1) is 4.47 Å². The number of hydrogen-bond acceptors (Lipinski definition) is 6. The smallest absolute Gasteiger partial charge is 0.220 e.